The fourth-order valence-electron chi connectivity index (χ4n) is 2.34. The van der Waals surface area contributed by atoms with Gasteiger partial charge < -0.3 is 14.8 Å². The Labute approximate surface area is 129 Å². The predicted octanol–water partition coefficient (Wildman–Crippen LogP) is 2.45. The van der Waals surface area contributed by atoms with Crippen molar-refractivity contribution in [3.63, 3.8) is 0 Å². The Bertz CT molecular complexity index is 709. The minimum atomic E-state index is -0.372. The van der Waals surface area contributed by atoms with Crippen LogP contribution >= 0.6 is 0 Å². The van der Waals surface area contributed by atoms with E-state index in [9.17, 15) is 9.59 Å². The first-order valence-corrected chi connectivity index (χ1v) is 7.03. The third-order valence-electron chi connectivity index (χ3n) is 3.30. The molecule has 0 aliphatic heterocycles. The first-order chi connectivity index (χ1) is 10.5. The molecule has 2 aromatic carbocycles. The molecule has 5 nitrogen and oxygen atoms in total. The molecule has 0 saturated carbocycles. The number of carbonyl (C=O) groups is 2. The molecule has 116 valence electrons. The van der Waals surface area contributed by atoms with Crippen molar-refractivity contribution in [2.24, 2.45) is 0 Å². The number of carbonyl (C=O) groups excluding carboxylic acids is 2. The van der Waals surface area contributed by atoms with Gasteiger partial charge in [0.25, 0.3) is 0 Å². The van der Waals surface area contributed by atoms with Crippen molar-refractivity contribution < 1.29 is 19.1 Å². The highest BCUT2D eigenvalue weighted by atomic mass is 16.5. The van der Waals surface area contributed by atoms with Crippen molar-refractivity contribution >= 4 is 22.6 Å². The number of nitrogens with one attached hydrogen (secondary N) is 1. The van der Waals surface area contributed by atoms with E-state index in [1.807, 2.05) is 24.3 Å². The molecule has 0 heterocycles. The van der Waals surface area contributed by atoms with Gasteiger partial charge in [-0.25, -0.2) is 0 Å². The van der Waals surface area contributed by atoms with Gasteiger partial charge in [-0.15, -0.1) is 0 Å². The Balaban J connectivity index is 2.47. The summed E-state index contributed by atoms with van der Waals surface area (Å²) in [6.45, 7) is 3.31. The SMILES string of the molecule is COc1ccc2ccc(OC(C)=O)c(CCNC(C)=O)c2c1. The second-order valence-corrected chi connectivity index (χ2v) is 4.96. The molecule has 1 amide bonds. The zero-order valence-corrected chi connectivity index (χ0v) is 12.9. The molecular weight excluding hydrogens is 282 g/mol. The number of hydrogen-bond donors (Lipinski definition) is 1. The molecule has 2 rings (SSSR count). The summed E-state index contributed by atoms with van der Waals surface area (Å²) in [6, 6.07) is 9.42. The lowest BCUT2D eigenvalue weighted by Crippen LogP contribution is -2.22. The summed E-state index contributed by atoms with van der Waals surface area (Å²) >= 11 is 0. The van der Waals surface area contributed by atoms with Crippen LogP contribution < -0.4 is 14.8 Å². The average Bonchev–Trinajstić information content (AvgIpc) is 2.47. The van der Waals surface area contributed by atoms with Gasteiger partial charge in [-0.2, -0.15) is 0 Å². The molecule has 0 fully saturated rings. The zero-order valence-electron chi connectivity index (χ0n) is 12.9. The largest absolute Gasteiger partial charge is 0.497 e. The standard InChI is InChI=1S/C17H19NO4/c1-11(19)18-9-8-15-16-10-14(21-3)6-4-13(16)5-7-17(15)22-12(2)20/h4-7,10H,8-9H2,1-3H3,(H,18,19). The number of esters is 1. The van der Waals surface area contributed by atoms with Crippen LogP contribution in [0.15, 0.2) is 30.3 Å². The maximum Gasteiger partial charge on any atom is 0.308 e. The number of ether oxygens (including phenoxy) is 2. The minimum Gasteiger partial charge on any atom is -0.497 e. The Morgan fingerprint density at radius 3 is 2.50 bits per heavy atom. The van der Waals surface area contributed by atoms with Crippen molar-refractivity contribution in [1.82, 2.24) is 5.32 Å². The van der Waals surface area contributed by atoms with Gasteiger partial charge in [0.05, 0.1) is 7.11 Å². The maximum absolute atomic E-state index is 11.3. The van der Waals surface area contributed by atoms with Gasteiger partial charge in [0, 0.05) is 26.0 Å². The van der Waals surface area contributed by atoms with Gasteiger partial charge in [-0.05, 0) is 35.4 Å². The summed E-state index contributed by atoms with van der Waals surface area (Å²) in [4.78, 5) is 22.3. The van der Waals surface area contributed by atoms with Crippen LogP contribution in [0.25, 0.3) is 10.8 Å². The van der Waals surface area contributed by atoms with Crippen LogP contribution in [0.2, 0.25) is 0 Å². The second kappa shape index (κ2) is 6.93. The van der Waals surface area contributed by atoms with Crippen LogP contribution in [0.1, 0.15) is 19.4 Å². The van der Waals surface area contributed by atoms with Gasteiger partial charge in [0.2, 0.25) is 5.91 Å². The monoisotopic (exact) mass is 301 g/mol. The first-order valence-electron chi connectivity index (χ1n) is 7.03. The van der Waals surface area contributed by atoms with E-state index in [4.69, 9.17) is 9.47 Å². The lowest BCUT2D eigenvalue weighted by Gasteiger charge is -2.13. The molecular formula is C17H19NO4. The lowest BCUT2D eigenvalue weighted by atomic mass is 10.0. The average molecular weight is 301 g/mol. The van der Waals surface area contributed by atoms with Gasteiger partial charge in [0.15, 0.2) is 0 Å². The number of benzene rings is 2. The summed E-state index contributed by atoms with van der Waals surface area (Å²) in [7, 11) is 1.61. The molecule has 0 atom stereocenters. The highest BCUT2D eigenvalue weighted by Crippen LogP contribution is 2.31. The van der Waals surface area contributed by atoms with Crippen molar-refractivity contribution in [3.05, 3.63) is 35.9 Å². The van der Waals surface area contributed by atoms with Crippen LogP contribution in [0.5, 0.6) is 11.5 Å². The molecule has 0 aliphatic carbocycles. The fourth-order valence-corrected chi connectivity index (χ4v) is 2.34. The Kier molecular flexibility index (Phi) is 4.99. The molecule has 0 saturated heterocycles. The summed E-state index contributed by atoms with van der Waals surface area (Å²) in [5, 5.41) is 4.73. The van der Waals surface area contributed by atoms with Gasteiger partial charge in [-0.1, -0.05) is 12.1 Å². The minimum absolute atomic E-state index is 0.0909. The number of hydrogen-bond acceptors (Lipinski definition) is 4. The number of methoxy groups -OCH3 is 1. The number of rotatable bonds is 5. The molecule has 0 spiro atoms. The van der Waals surface area contributed by atoms with E-state index in [0.29, 0.717) is 18.7 Å². The van der Waals surface area contributed by atoms with Crippen molar-refractivity contribution in [3.8, 4) is 11.5 Å². The fraction of sp³-hybridized carbons (Fsp3) is 0.294. The van der Waals surface area contributed by atoms with E-state index >= 15 is 0 Å². The zero-order chi connectivity index (χ0) is 16.1. The van der Waals surface area contributed by atoms with Crippen molar-refractivity contribution in [2.75, 3.05) is 13.7 Å². The van der Waals surface area contributed by atoms with Crippen LogP contribution in [0, 0.1) is 0 Å². The Morgan fingerprint density at radius 1 is 1.14 bits per heavy atom. The Hall–Kier alpha value is -2.56. The van der Waals surface area contributed by atoms with Crippen LogP contribution in [0.3, 0.4) is 0 Å². The lowest BCUT2D eigenvalue weighted by molar-refractivity contribution is -0.132. The molecule has 2 aromatic rings. The van der Waals surface area contributed by atoms with E-state index in [1.165, 1.54) is 13.8 Å². The first kappa shape index (κ1) is 15.8. The smallest absolute Gasteiger partial charge is 0.308 e. The van der Waals surface area contributed by atoms with Crippen LogP contribution in [-0.4, -0.2) is 25.5 Å². The van der Waals surface area contributed by atoms with Crippen LogP contribution in [-0.2, 0) is 16.0 Å². The van der Waals surface area contributed by atoms with E-state index in [0.717, 1.165) is 22.1 Å². The van der Waals surface area contributed by atoms with Crippen LogP contribution in [0.4, 0.5) is 0 Å². The van der Waals surface area contributed by atoms with Gasteiger partial charge >= 0.3 is 5.97 Å². The molecule has 22 heavy (non-hydrogen) atoms. The van der Waals surface area contributed by atoms with Crippen molar-refractivity contribution in [2.45, 2.75) is 20.3 Å². The predicted molar refractivity (Wildman–Crippen MR) is 84.2 cm³/mol. The van der Waals surface area contributed by atoms with E-state index in [2.05, 4.69) is 5.32 Å². The highest BCUT2D eigenvalue weighted by molar-refractivity contribution is 5.90. The van der Waals surface area contributed by atoms with Gasteiger partial charge in [-0.3, -0.25) is 9.59 Å². The molecule has 0 radical (unpaired) electrons. The molecule has 0 aromatic heterocycles. The number of fused-ring (bicyclic) bond motifs is 1. The summed E-state index contributed by atoms with van der Waals surface area (Å²) in [6.07, 6.45) is 0.562. The highest BCUT2D eigenvalue weighted by Gasteiger charge is 2.12. The third-order valence-corrected chi connectivity index (χ3v) is 3.30. The molecule has 0 unspecified atom stereocenters. The van der Waals surface area contributed by atoms with Crippen molar-refractivity contribution in [1.29, 1.82) is 0 Å². The summed E-state index contributed by atoms with van der Waals surface area (Å²) < 4.78 is 10.6. The van der Waals surface area contributed by atoms with E-state index < -0.39 is 0 Å². The summed E-state index contributed by atoms with van der Waals surface area (Å²) in [5.74, 6) is 0.779. The van der Waals surface area contributed by atoms with Gasteiger partial charge in [0.1, 0.15) is 11.5 Å². The molecule has 1 N–H and O–H groups in total. The normalized spacial score (nSPS) is 10.3. The maximum atomic E-state index is 11.3. The number of amides is 1. The molecule has 5 heteroatoms. The third kappa shape index (κ3) is 3.75. The molecule has 0 bridgehead atoms. The quantitative estimate of drug-likeness (QED) is 0.680. The molecule has 0 aliphatic rings. The Morgan fingerprint density at radius 2 is 1.86 bits per heavy atom. The summed E-state index contributed by atoms with van der Waals surface area (Å²) in [5.41, 5.74) is 0.875. The second-order valence-electron chi connectivity index (χ2n) is 4.96. The van der Waals surface area contributed by atoms with E-state index in [1.54, 1.807) is 13.2 Å². The van der Waals surface area contributed by atoms with E-state index in [-0.39, 0.29) is 11.9 Å². The topological polar surface area (TPSA) is 64.6 Å².